The van der Waals surface area contributed by atoms with Gasteiger partial charge in [-0.05, 0) is 5.92 Å². The summed E-state index contributed by atoms with van der Waals surface area (Å²) in [4.78, 5) is 4.23. The van der Waals surface area contributed by atoms with E-state index in [2.05, 4.69) is 42.9 Å². The van der Waals surface area contributed by atoms with Crippen molar-refractivity contribution in [2.75, 3.05) is 0 Å². The fourth-order valence-electron chi connectivity index (χ4n) is 0.822. The summed E-state index contributed by atoms with van der Waals surface area (Å²) in [5, 5.41) is 8.13. The van der Waals surface area contributed by atoms with Gasteiger partial charge in [0.15, 0.2) is 5.82 Å². The molecule has 1 aromatic heterocycles. The molecular weight excluding hydrogens is 150 g/mol. The Morgan fingerprint density at radius 2 is 1.67 bits per heavy atom. The summed E-state index contributed by atoms with van der Waals surface area (Å²) in [6.07, 6.45) is 1.81. The van der Waals surface area contributed by atoms with Crippen molar-refractivity contribution in [3.8, 4) is 0 Å². The molecule has 0 spiro atoms. The van der Waals surface area contributed by atoms with Crippen LogP contribution in [0.5, 0.6) is 0 Å². The summed E-state index contributed by atoms with van der Waals surface area (Å²) in [6, 6.07) is 0. The molecule has 3 nitrogen and oxygen atoms in total. The summed E-state index contributed by atoms with van der Waals surface area (Å²) in [6.45, 7) is 8.29. The van der Waals surface area contributed by atoms with E-state index in [1.807, 2.05) is 6.20 Å². The van der Waals surface area contributed by atoms with E-state index in [1.165, 1.54) is 0 Å². The summed E-state index contributed by atoms with van der Waals surface area (Å²) in [5.74, 6) is 1.59. The lowest BCUT2D eigenvalue weighted by Crippen LogP contribution is -2.03. The van der Waals surface area contributed by atoms with Gasteiger partial charge < -0.3 is 0 Å². The fourth-order valence-corrected chi connectivity index (χ4v) is 0.822. The Labute approximate surface area is 73.2 Å². The standard InChI is InChI=1S/C9H15N3/c1-6(2)8-5-10-9(7(3)4)12-11-8/h5-7H,1-4H3. The van der Waals surface area contributed by atoms with E-state index >= 15 is 0 Å². The monoisotopic (exact) mass is 165 g/mol. The summed E-state index contributed by atoms with van der Waals surface area (Å²) in [5.41, 5.74) is 0.958. The maximum absolute atomic E-state index is 4.23. The first-order valence-corrected chi connectivity index (χ1v) is 4.30. The smallest absolute Gasteiger partial charge is 0.153 e. The molecule has 0 N–H and O–H groups in total. The van der Waals surface area contributed by atoms with E-state index in [0.29, 0.717) is 11.8 Å². The first kappa shape index (κ1) is 9.10. The number of hydrogen-bond acceptors (Lipinski definition) is 3. The molecule has 0 aromatic carbocycles. The van der Waals surface area contributed by atoms with Crippen molar-refractivity contribution in [3.05, 3.63) is 17.7 Å². The Morgan fingerprint density at radius 3 is 2.00 bits per heavy atom. The molecular formula is C9H15N3. The highest BCUT2D eigenvalue weighted by Crippen LogP contribution is 2.11. The molecule has 0 aliphatic heterocycles. The minimum absolute atomic E-state index is 0.360. The zero-order valence-corrected chi connectivity index (χ0v) is 8.07. The van der Waals surface area contributed by atoms with Gasteiger partial charge in [-0.1, -0.05) is 27.7 Å². The van der Waals surface area contributed by atoms with E-state index in [9.17, 15) is 0 Å². The largest absolute Gasteiger partial charge is 0.237 e. The van der Waals surface area contributed by atoms with Crippen LogP contribution in [0.3, 0.4) is 0 Å². The number of hydrogen-bond donors (Lipinski definition) is 0. The SMILES string of the molecule is CC(C)c1cnc(C(C)C)nn1. The molecule has 1 heterocycles. The van der Waals surface area contributed by atoms with Crippen molar-refractivity contribution in [1.29, 1.82) is 0 Å². The predicted octanol–water partition coefficient (Wildman–Crippen LogP) is 2.12. The maximum Gasteiger partial charge on any atom is 0.153 e. The lowest BCUT2D eigenvalue weighted by molar-refractivity contribution is 0.692. The third-order valence-electron chi connectivity index (χ3n) is 1.70. The number of aromatic nitrogens is 3. The fraction of sp³-hybridized carbons (Fsp3) is 0.667. The first-order chi connectivity index (χ1) is 5.61. The van der Waals surface area contributed by atoms with Crippen molar-refractivity contribution < 1.29 is 0 Å². The lowest BCUT2D eigenvalue weighted by atomic mass is 10.1. The molecule has 0 fully saturated rings. The molecule has 1 rings (SSSR count). The van der Waals surface area contributed by atoms with Crippen molar-refractivity contribution in [2.24, 2.45) is 0 Å². The van der Waals surface area contributed by atoms with Crippen LogP contribution in [-0.4, -0.2) is 15.2 Å². The second kappa shape index (κ2) is 3.61. The third kappa shape index (κ3) is 2.00. The Morgan fingerprint density at radius 1 is 1.00 bits per heavy atom. The first-order valence-electron chi connectivity index (χ1n) is 4.30. The van der Waals surface area contributed by atoms with E-state index in [-0.39, 0.29) is 0 Å². The van der Waals surface area contributed by atoms with Gasteiger partial charge in [-0.3, -0.25) is 0 Å². The minimum Gasteiger partial charge on any atom is -0.237 e. The molecule has 0 saturated heterocycles. The summed E-state index contributed by atoms with van der Waals surface area (Å²) >= 11 is 0. The third-order valence-corrected chi connectivity index (χ3v) is 1.70. The van der Waals surface area contributed by atoms with Crippen LogP contribution in [-0.2, 0) is 0 Å². The quantitative estimate of drug-likeness (QED) is 0.673. The van der Waals surface area contributed by atoms with Crippen LogP contribution in [0, 0.1) is 0 Å². The van der Waals surface area contributed by atoms with Crippen LogP contribution in [0.25, 0.3) is 0 Å². The molecule has 1 aromatic rings. The Balaban J connectivity index is 2.86. The Hall–Kier alpha value is -0.990. The summed E-state index contributed by atoms with van der Waals surface area (Å²) < 4.78 is 0. The number of nitrogens with zero attached hydrogens (tertiary/aromatic N) is 3. The predicted molar refractivity (Wildman–Crippen MR) is 48.0 cm³/mol. The van der Waals surface area contributed by atoms with E-state index in [1.54, 1.807) is 0 Å². The van der Waals surface area contributed by atoms with Gasteiger partial charge in [-0.25, -0.2) is 4.98 Å². The van der Waals surface area contributed by atoms with Crippen molar-refractivity contribution >= 4 is 0 Å². The molecule has 0 aliphatic rings. The second-order valence-electron chi connectivity index (χ2n) is 3.55. The van der Waals surface area contributed by atoms with Gasteiger partial charge >= 0.3 is 0 Å². The minimum atomic E-state index is 0.360. The average molecular weight is 165 g/mol. The molecule has 0 amide bonds. The zero-order chi connectivity index (χ0) is 9.14. The average Bonchev–Trinajstić information content (AvgIpc) is 2.04. The van der Waals surface area contributed by atoms with Crippen molar-refractivity contribution in [1.82, 2.24) is 15.2 Å². The zero-order valence-electron chi connectivity index (χ0n) is 8.07. The van der Waals surface area contributed by atoms with Crippen LogP contribution < -0.4 is 0 Å². The number of rotatable bonds is 2. The van der Waals surface area contributed by atoms with Gasteiger partial charge in [0, 0.05) is 5.92 Å². The Kier molecular flexibility index (Phi) is 2.74. The van der Waals surface area contributed by atoms with Gasteiger partial charge in [0.1, 0.15) is 0 Å². The molecule has 12 heavy (non-hydrogen) atoms. The molecule has 0 unspecified atom stereocenters. The highest BCUT2D eigenvalue weighted by atomic mass is 15.2. The van der Waals surface area contributed by atoms with Crippen LogP contribution in [0.1, 0.15) is 51.0 Å². The van der Waals surface area contributed by atoms with E-state index in [0.717, 1.165) is 11.5 Å². The molecule has 0 radical (unpaired) electrons. The maximum atomic E-state index is 4.23. The lowest BCUT2D eigenvalue weighted by Gasteiger charge is -2.04. The van der Waals surface area contributed by atoms with Gasteiger partial charge in [-0.15, -0.1) is 5.10 Å². The topological polar surface area (TPSA) is 38.7 Å². The molecule has 3 heteroatoms. The molecule has 0 saturated carbocycles. The normalized spacial score (nSPS) is 11.2. The molecule has 0 bridgehead atoms. The second-order valence-corrected chi connectivity index (χ2v) is 3.55. The Bertz CT molecular complexity index is 211. The highest BCUT2D eigenvalue weighted by Gasteiger charge is 2.05. The van der Waals surface area contributed by atoms with Crippen molar-refractivity contribution in [3.63, 3.8) is 0 Å². The van der Waals surface area contributed by atoms with Gasteiger partial charge in [0.25, 0.3) is 0 Å². The van der Waals surface area contributed by atoms with Gasteiger partial charge in [-0.2, -0.15) is 5.10 Å². The van der Waals surface area contributed by atoms with Crippen LogP contribution in [0.2, 0.25) is 0 Å². The van der Waals surface area contributed by atoms with Gasteiger partial charge in [0.2, 0.25) is 0 Å². The highest BCUT2D eigenvalue weighted by molar-refractivity contribution is 5.01. The van der Waals surface area contributed by atoms with Gasteiger partial charge in [0.05, 0.1) is 11.9 Å². The van der Waals surface area contributed by atoms with Crippen molar-refractivity contribution in [2.45, 2.75) is 39.5 Å². The van der Waals surface area contributed by atoms with Crippen LogP contribution in [0.15, 0.2) is 6.20 Å². The molecule has 66 valence electrons. The summed E-state index contributed by atoms with van der Waals surface area (Å²) in [7, 11) is 0. The molecule has 0 aliphatic carbocycles. The van der Waals surface area contributed by atoms with Crippen LogP contribution in [0.4, 0.5) is 0 Å². The van der Waals surface area contributed by atoms with E-state index in [4.69, 9.17) is 0 Å². The molecule has 0 atom stereocenters. The van der Waals surface area contributed by atoms with E-state index < -0.39 is 0 Å². The van der Waals surface area contributed by atoms with Crippen LogP contribution >= 0.6 is 0 Å².